The van der Waals surface area contributed by atoms with Gasteiger partial charge < -0.3 is 9.47 Å². The van der Waals surface area contributed by atoms with Crippen molar-refractivity contribution in [2.75, 3.05) is 14.1 Å². The van der Waals surface area contributed by atoms with Crippen LogP contribution in [0.15, 0.2) is 12.4 Å². The maximum Gasteiger partial charge on any atom is 0.242 e. The number of hydrogen-bond acceptors (Lipinski definition) is 3. The van der Waals surface area contributed by atoms with Gasteiger partial charge in [0.1, 0.15) is 6.54 Å². The molecule has 0 aliphatic rings. The van der Waals surface area contributed by atoms with Crippen LogP contribution in [-0.2, 0) is 11.3 Å². The molecule has 5 heteroatoms. The van der Waals surface area contributed by atoms with E-state index in [0.29, 0.717) is 6.29 Å². The minimum atomic E-state index is -0.0684. The molecule has 1 amide bonds. The van der Waals surface area contributed by atoms with Gasteiger partial charge in [0.25, 0.3) is 0 Å². The van der Waals surface area contributed by atoms with Gasteiger partial charge in [0.05, 0.1) is 0 Å². The molecule has 13 heavy (non-hydrogen) atoms. The first-order valence-electron chi connectivity index (χ1n) is 3.81. The Morgan fingerprint density at radius 3 is 2.92 bits per heavy atom. The summed E-state index contributed by atoms with van der Waals surface area (Å²) in [6.45, 7) is 0.154. The van der Waals surface area contributed by atoms with Crippen molar-refractivity contribution in [3.63, 3.8) is 0 Å². The van der Waals surface area contributed by atoms with Crippen molar-refractivity contribution in [2.24, 2.45) is 0 Å². The van der Waals surface area contributed by atoms with E-state index in [1.165, 1.54) is 15.7 Å². The molecule has 0 unspecified atom stereocenters. The third-order valence-electron chi connectivity index (χ3n) is 1.66. The first-order valence-corrected chi connectivity index (χ1v) is 3.81. The summed E-state index contributed by atoms with van der Waals surface area (Å²) >= 11 is 0. The number of hydrogen-bond donors (Lipinski definition) is 0. The van der Waals surface area contributed by atoms with Gasteiger partial charge in [-0.3, -0.25) is 9.59 Å². The van der Waals surface area contributed by atoms with Crippen LogP contribution in [0.25, 0.3) is 0 Å². The van der Waals surface area contributed by atoms with Crippen LogP contribution in [0, 0.1) is 0 Å². The van der Waals surface area contributed by atoms with E-state index in [-0.39, 0.29) is 18.3 Å². The number of aromatic nitrogens is 2. The zero-order valence-corrected chi connectivity index (χ0v) is 7.60. The van der Waals surface area contributed by atoms with E-state index in [4.69, 9.17) is 0 Å². The fourth-order valence-electron chi connectivity index (χ4n) is 0.860. The Kier molecular flexibility index (Phi) is 2.79. The van der Waals surface area contributed by atoms with Crippen LogP contribution >= 0.6 is 0 Å². The van der Waals surface area contributed by atoms with Gasteiger partial charge in [-0.25, -0.2) is 4.98 Å². The average molecular weight is 181 g/mol. The zero-order valence-electron chi connectivity index (χ0n) is 7.60. The van der Waals surface area contributed by atoms with Crippen molar-refractivity contribution >= 4 is 12.2 Å². The zero-order chi connectivity index (χ0) is 9.84. The highest BCUT2D eigenvalue weighted by atomic mass is 16.2. The minimum absolute atomic E-state index is 0.0684. The van der Waals surface area contributed by atoms with E-state index in [0.717, 1.165) is 0 Å². The lowest BCUT2D eigenvalue weighted by Crippen LogP contribution is -2.26. The highest BCUT2D eigenvalue weighted by Gasteiger charge is 2.07. The quantitative estimate of drug-likeness (QED) is 0.606. The molecule has 0 aliphatic carbocycles. The number of rotatable bonds is 3. The number of imidazole rings is 1. The van der Waals surface area contributed by atoms with Crippen LogP contribution in [0.2, 0.25) is 0 Å². The van der Waals surface area contributed by atoms with Gasteiger partial charge in [-0.1, -0.05) is 0 Å². The number of carbonyl (C=O) groups is 2. The molecule has 70 valence electrons. The Morgan fingerprint density at radius 2 is 2.38 bits per heavy atom. The van der Waals surface area contributed by atoms with Crippen molar-refractivity contribution in [2.45, 2.75) is 6.54 Å². The lowest BCUT2D eigenvalue weighted by molar-refractivity contribution is -0.129. The summed E-state index contributed by atoms with van der Waals surface area (Å²) in [7, 11) is 3.33. The molecule has 0 N–H and O–H groups in total. The van der Waals surface area contributed by atoms with E-state index in [2.05, 4.69) is 4.98 Å². The minimum Gasteiger partial charge on any atom is -0.347 e. The molecule has 0 atom stereocenters. The Bertz CT molecular complexity index is 317. The molecule has 0 spiro atoms. The molecular weight excluding hydrogens is 170 g/mol. The number of nitrogens with zero attached hydrogens (tertiary/aromatic N) is 3. The van der Waals surface area contributed by atoms with E-state index in [9.17, 15) is 9.59 Å². The smallest absolute Gasteiger partial charge is 0.242 e. The van der Waals surface area contributed by atoms with Crippen LogP contribution in [0.1, 0.15) is 10.6 Å². The molecule has 1 rings (SSSR count). The van der Waals surface area contributed by atoms with Crippen LogP contribution in [0.3, 0.4) is 0 Å². The Balaban J connectivity index is 2.74. The summed E-state index contributed by atoms with van der Waals surface area (Å²) in [6, 6.07) is 0. The topological polar surface area (TPSA) is 55.2 Å². The summed E-state index contributed by atoms with van der Waals surface area (Å²) in [5, 5.41) is 0. The van der Waals surface area contributed by atoms with Crippen molar-refractivity contribution in [3.05, 3.63) is 18.2 Å². The molecule has 0 aromatic carbocycles. The van der Waals surface area contributed by atoms with Crippen LogP contribution in [0.4, 0.5) is 0 Å². The van der Waals surface area contributed by atoms with Crippen LogP contribution < -0.4 is 0 Å². The Labute approximate surface area is 76.0 Å². The highest BCUT2D eigenvalue weighted by Crippen LogP contribution is 1.95. The molecule has 1 heterocycles. The van der Waals surface area contributed by atoms with Gasteiger partial charge in [-0.05, 0) is 0 Å². The molecule has 0 aliphatic heterocycles. The Morgan fingerprint density at radius 1 is 1.69 bits per heavy atom. The standard InChI is InChI=1S/C8H11N3O2/c1-10(2)8(13)5-11-4-3-9-7(11)6-12/h3-4,6H,5H2,1-2H3. The SMILES string of the molecule is CN(C)C(=O)Cn1ccnc1C=O. The van der Waals surface area contributed by atoms with Gasteiger partial charge in [0.15, 0.2) is 12.1 Å². The molecule has 1 aromatic rings. The summed E-state index contributed by atoms with van der Waals surface area (Å²) in [5.74, 6) is 0.205. The lowest BCUT2D eigenvalue weighted by Gasteiger charge is -2.10. The van der Waals surface area contributed by atoms with Gasteiger partial charge in [0.2, 0.25) is 5.91 Å². The molecule has 0 fully saturated rings. The third kappa shape index (κ3) is 2.14. The summed E-state index contributed by atoms with van der Waals surface area (Å²) < 4.78 is 1.51. The van der Waals surface area contributed by atoms with Crippen molar-refractivity contribution in [1.82, 2.24) is 14.5 Å². The monoisotopic (exact) mass is 181 g/mol. The van der Waals surface area contributed by atoms with Gasteiger partial charge in [0, 0.05) is 26.5 Å². The fraction of sp³-hybridized carbons (Fsp3) is 0.375. The summed E-state index contributed by atoms with van der Waals surface area (Å²) in [6.07, 6.45) is 3.72. The average Bonchev–Trinajstić information content (AvgIpc) is 2.51. The Hall–Kier alpha value is -1.65. The molecule has 5 nitrogen and oxygen atoms in total. The van der Waals surface area contributed by atoms with Crippen LogP contribution in [0.5, 0.6) is 0 Å². The molecule has 0 radical (unpaired) electrons. The van der Waals surface area contributed by atoms with Gasteiger partial charge in [-0.15, -0.1) is 0 Å². The number of amides is 1. The molecule has 0 saturated carbocycles. The second kappa shape index (κ2) is 3.84. The molecule has 0 bridgehead atoms. The highest BCUT2D eigenvalue weighted by molar-refractivity contribution is 5.77. The number of carbonyl (C=O) groups excluding carboxylic acids is 2. The predicted octanol–water partition coefficient (Wildman–Crippen LogP) is -0.216. The molecule has 1 aromatic heterocycles. The van der Waals surface area contributed by atoms with E-state index in [1.54, 1.807) is 20.3 Å². The first kappa shape index (κ1) is 9.44. The summed E-state index contributed by atoms with van der Waals surface area (Å²) in [5.41, 5.74) is 0. The van der Waals surface area contributed by atoms with Crippen LogP contribution in [-0.4, -0.2) is 40.7 Å². The number of likely N-dealkylation sites (N-methyl/N-ethyl adjacent to an activating group) is 1. The normalized spacial score (nSPS) is 9.69. The van der Waals surface area contributed by atoms with E-state index >= 15 is 0 Å². The van der Waals surface area contributed by atoms with Crippen molar-refractivity contribution < 1.29 is 9.59 Å². The lowest BCUT2D eigenvalue weighted by atomic mass is 10.5. The predicted molar refractivity (Wildman–Crippen MR) is 46.3 cm³/mol. The first-order chi connectivity index (χ1) is 6.15. The van der Waals surface area contributed by atoms with Gasteiger partial charge in [-0.2, -0.15) is 0 Å². The second-order valence-corrected chi connectivity index (χ2v) is 2.82. The maximum atomic E-state index is 11.2. The van der Waals surface area contributed by atoms with Crippen molar-refractivity contribution in [1.29, 1.82) is 0 Å². The molecule has 0 saturated heterocycles. The summed E-state index contributed by atoms with van der Waals surface area (Å²) in [4.78, 5) is 26.9. The largest absolute Gasteiger partial charge is 0.347 e. The molecular formula is C8H11N3O2. The second-order valence-electron chi connectivity index (χ2n) is 2.82. The third-order valence-corrected chi connectivity index (χ3v) is 1.66. The number of aldehydes is 1. The fourth-order valence-corrected chi connectivity index (χ4v) is 0.860. The maximum absolute atomic E-state index is 11.2. The van der Waals surface area contributed by atoms with E-state index in [1.807, 2.05) is 0 Å². The van der Waals surface area contributed by atoms with Crippen molar-refractivity contribution in [3.8, 4) is 0 Å². The van der Waals surface area contributed by atoms with E-state index < -0.39 is 0 Å². The van der Waals surface area contributed by atoms with Gasteiger partial charge >= 0.3 is 0 Å².